The second kappa shape index (κ2) is 8.16. The normalized spacial score (nSPS) is 11.5. The van der Waals surface area contributed by atoms with Crippen LogP contribution in [-0.2, 0) is 9.84 Å². The molecular weight excluding hydrogens is 390 g/mol. The molecule has 26 heavy (non-hydrogen) atoms. The van der Waals surface area contributed by atoms with E-state index in [-0.39, 0.29) is 9.79 Å². The number of nitrogens with one attached hydrogen (secondary N) is 1. The summed E-state index contributed by atoms with van der Waals surface area (Å²) in [5.74, 6) is 0. The van der Waals surface area contributed by atoms with Gasteiger partial charge in [0.1, 0.15) is 5.01 Å². The molecule has 0 saturated carbocycles. The van der Waals surface area contributed by atoms with Crippen molar-refractivity contribution in [2.24, 2.45) is 0 Å². The lowest BCUT2D eigenvalue weighted by Gasteiger charge is -2.05. The minimum atomic E-state index is -3.57. The van der Waals surface area contributed by atoms with Crippen LogP contribution in [0.3, 0.4) is 0 Å². The Hall–Kier alpha value is -1.96. The maximum absolute atomic E-state index is 12.7. The molecule has 136 valence electrons. The number of nitrogens with zero attached hydrogens (tertiary/aromatic N) is 2. The third-order valence-corrected chi connectivity index (χ3v) is 6.73. The van der Waals surface area contributed by atoms with Gasteiger partial charge in [0.25, 0.3) is 0 Å². The first-order valence-corrected chi connectivity index (χ1v) is 10.9. The van der Waals surface area contributed by atoms with E-state index in [0.717, 1.165) is 35.1 Å². The van der Waals surface area contributed by atoms with Crippen LogP contribution >= 0.6 is 22.9 Å². The summed E-state index contributed by atoms with van der Waals surface area (Å²) in [6.07, 6.45) is 2.19. The second-order valence-corrected chi connectivity index (χ2v) is 9.04. The number of halogens is 1. The van der Waals surface area contributed by atoms with Crippen molar-refractivity contribution in [3.8, 4) is 10.6 Å². The van der Waals surface area contributed by atoms with Crippen molar-refractivity contribution in [1.82, 2.24) is 10.2 Å². The summed E-state index contributed by atoms with van der Waals surface area (Å²) in [5, 5.41) is 13.5. The predicted octanol–water partition coefficient (Wildman–Crippen LogP) is 4.90. The Morgan fingerprint density at radius 3 is 2.23 bits per heavy atom. The summed E-state index contributed by atoms with van der Waals surface area (Å²) >= 11 is 7.28. The van der Waals surface area contributed by atoms with Crippen LogP contribution in [0, 0.1) is 0 Å². The molecule has 0 bridgehead atoms. The Morgan fingerprint density at radius 1 is 1.00 bits per heavy atom. The molecule has 0 aliphatic heterocycles. The van der Waals surface area contributed by atoms with Crippen LogP contribution in [0.4, 0.5) is 5.13 Å². The van der Waals surface area contributed by atoms with Gasteiger partial charge in [-0.25, -0.2) is 8.42 Å². The zero-order chi connectivity index (χ0) is 18.6. The molecule has 3 rings (SSSR count). The maximum atomic E-state index is 12.7. The fraction of sp³-hybridized carbons (Fsp3) is 0.222. The van der Waals surface area contributed by atoms with E-state index in [0.29, 0.717) is 5.02 Å². The standard InChI is InChI=1S/C18H18ClN3O2S2/c1-2-3-12-20-18-22-21-17(25-18)13-4-8-15(9-5-13)26(23,24)16-10-6-14(19)7-11-16/h4-11H,2-3,12H2,1H3,(H,20,22). The van der Waals surface area contributed by atoms with Gasteiger partial charge in [0.15, 0.2) is 0 Å². The highest BCUT2D eigenvalue weighted by Gasteiger charge is 2.18. The topological polar surface area (TPSA) is 72.0 Å². The number of anilines is 1. The van der Waals surface area contributed by atoms with E-state index in [2.05, 4.69) is 22.4 Å². The van der Waals surface area contributed by atoms with E-state index in [4.69, 9.17) is 11.6 Å². The minimum absolute atomic E-state index is 0.216. The molecule has 0 spiro atoms. The average Bonchev–Trinajstić information content (AvgIpc) is 3.11. The summed E-state index contributed by atoms with van der Waals surface area (Å²) in [5.41, 5.74) is 0.834. The number of sulfone groups is 1. The van der Waals surface area contributed by atoms with Gasteiger partial charge in [-0.15, -0.1) is 10.2 Å². The van der Waals surface area contributed by atoms with Gasteiger partial charge >= 0.3 is 0 Å². The molecule has 3 aromatic rings. The van der Waals surface area contributed by atoms with Crippen molar-refractivity contribution >= 4 is 37.9 Å². The Bertz CT molecular complexity index is 968. The molecular formula is C18H18ClN3O2S2. The highest BCUT2D eigenvalue weighted by Crippen LogP contribution is 2.29. The van der Waals surface area contributed by atoms with Crippen molar-refractivity contribution in [2.45, 2.75) is 29.6 Å². The smallest absolute Gasteiger partial charge is 0.206 e. The van der Waals surface area contributed by atoms with E-state index < -0.39 is 9.84 Å². The van der Waals surface area contributed by atoms with Crippen LogP contribution in [-0.4, -0.2) is 25.2 Å². The molecule has 8 heteroatoms. The molecule has 0 saturated heterocycles. The monoisotopic (exact) mass is 407 g/mol. The fourth-order valence-corrected chi connectivity index (χ4v) is 4.47. The molecule has 0 amide bonds. The SMILES string of the molecule is CCCCNc1nnc(-c2ccc(S(=O)(=O)c3ccc(Cl)cc3)cc2)s1. The van der Waals surface area contributed by atoms with Gasteiger partial charge in [-0.05, 0) is 42.8 Å². The molecule has 5 nitrogen and oxygen atoms in total. The van der Waals surface area contributed by atoms with Crippen molar-refractivity contribution in [3.05, 3.63) is 53.6 Å². The van der Waals surface area contributed by atoms with Gasteiger partial charge in [-0.2, -0.15) is 0 Å². The van der Waals surface area contributed by atoms with Crippen LogP contribution in [0.25, 0.3) is 10.6 Å². The molecule has 0 radical (unpaired) electrons. The average molecular weight is 408 g/mol. The number of hydrogen-bond donors (Lipinski definition) is 1. The van der Waals surface area contributed by atoms with Gasteiger partial charge < -0.3 is 5.32 Å². The lowest BCUT2D eigenvalue weighted by molar-refractivity contribution is 0.596. The predicted molar refractivity (Wildman–Crippen MR) is 106 cm³/mol. The zero-order valence-corrected chi connectivity index (χ0v) is 16.5. The summed E-state index contributed by atoms with van der Waals surface area (Å²) < 4.78 is 25.3. The first-order valence-electron chi connectivity index (χ1n) is 8.19. The van der Waals surface area contributed by atoms with Gasteiger partial charge in [0.2, 0.25) is 15.0 Å². The van der Waals surface area contributed by atoms with Crippen LogP contribution < -0.4 is 5.32 Å². The Balaban J connectivity index is 1.79. The largest absolute Gasteiger partial charge is 0.360 e. The summed E-state index contributed by atoms with van der Waals surface area (Å²) in [4.78, 5) is 0.447. The minimum Gasteiger partial charge on any atom is -0.360 e. The first-order chi connectivity index (χ1) is 12.5. The summed E-state index contributed by atoms with van der Waals surface area (Å²) in [6.45, 7) is 3.00. The van der Waals surface area contributed by atoms with Crippen molar-refractivity contribution in [3.63, 3.8) is 0 Å². The lowest BCUT2D eigenvalue weighted by Crippen LogP contribution is -2.01. The molecule has 1 heterocycles. The zero-order valence-electron chi connectivity index (χ0n) is 14.1. The van der Waals surface area contributed by atoms with Crippen molar-refractivity contribution < 1.29 is 8.42 Å². The fourth-order valence-electron chi connectivity index (χ4n) is 2.31. The molecule has 0 aliphatic rings. The third kappa shape index (κ3) is 4.23. The van der Waals surface area contributed by atoms with Crippen molar-refractivity contribution in [2.75, 3.05) is 11.9 Å². The molecule has 0 unspecified atom stereocenters. The number of unbranched alkanes of at least 4 members (excludes halogenated alkanes) is 1. The Kier molecular flexibility index (Phi) is 5.90. The van der Waals surface area contributed by atoms with E-state index in [9.17, 15) is 8.42 Å². The third-order valence-electron chi connectivity index (χ3n) is 3.77. The van der Waals surface area contributed by atoms with Gasteiger partial charge in [0.05, 0.1) is 9.79 Å². The number of aromatic nitrogens is 2. The van der Waals surface area contributed by atoms with Gasteiger partial charge in [-0.1, -0.05) is 48.4 Å². The summed E-state index contributed by atoms with van der Waals surface area (Å²) in [7, 11) is -3.57. The van der Waals surface area contributed by atoms with E-state index in [1.807, 2.05) is 0 Å². The number of hydrogen-bond acceptors (Lipinski definition) is 6. The summed E-state index contributed by atoms with van der Waals surface area (Å²) in [6, 6.07) is 12.8. The Labute approximate surface area is 162 Å². The van der Waals surface area contributed by atoms with Gasteiger partial charge in [-0.3, -0.25) is 0 Å². The first kappa shape index (κ1) is 18.8. The molecule has 1 N–H and O–H groups in total. The second-order valence-electron chi connectivity index (χ2n) is 5.67. The van der Waals surface area contributed by atoms with E-state index in [1.54, 1.807) is 36.4 Å². The van der Waals surface area contributed by atoms with Crippen LogP contribution in [0.1, 0.15) is 19.8 Å². The number of rotatable bonds is 7. The van der Waals surface area contributed by atoms with E-state index in [1.165, 1.54) is 23.5 Å². The van der Waals surface area contributed by atoms with Crippen LogP contribution in [0.15, 0.2) is 58.3 Å². The van der Waals surface area contributed by atoms with Crippen molar-refractivity contribution in [1.29, 1.82) is 0 Å². The van der Waals surface area contributed by atoms with E-state index >= 15 is 0 Å². The quantitative estimate of drug-likeness (QED) is 0.564. The molecule has 0 aliphatic carbocycles. The highest BCUT2D eigenvalue weighted by atomic mass is 35.5. The highest BCUT2D eigenvalue weighted by molar-refractivity contribution is 7.91. The number of benzene rings is 2. The maximum Gasteiger partial charge on any atom is 0.206 e. The molecule has 0 atom stereocenters. The van der Waals surface area contributed by atoms with Crippen LogP contribution in [0.2, 0.25) is 5.02 Å². The molecule has 1 aromatic heterocycles. The van der Waals surface area contributed by atoms with Gasteiger partial charge in [0, 0.05) is 17.1 Å². The molecule has 2 aromatic carbocycles. The van der Waals surface area contributed by atoms with Crippen LogP contribution in [0.5, 0.6) is 0 Å². The molecule has 0 fully saturated rings. The lowest BCUT2D eigenvalue weighted by atomic mass is 10.2. The Morgan fingerprint density at radius 2 is 1.62 bits per heavy atom.